The van der Waals surface area contributed by atoms with Gasteiger partial charge in [0.25, 0.3) is 0 Å². The summed E-state index contributed by atoms with van der Waals surface area (Å²) in [5.41, 5.74) is 3.00. The van der Waals surface area contributed by atoms with Gasteiger partial charge in [-0.15, -0.1) is 0 Å². The molecule has 3 N–H and O–H groups in total. The molecule has 3 rings (SSSR count). The van der Waals surface area contributed by atoms with E-state index in [1.54, 1.807) is 0 Å². The first-order chi connectivity index (χ1) is 7.86. The van der Waals surface area contributed by atoms with Gasteiger partial charge in [0.05, 0.1) is 6.61 Å². The number of rotatable bonds is 6. The van der Waals surface area contributed by atoms with Crippen molar-refractivity contribution >= 4 is 0 Å². The largest absolute Gasteiger partial charge is 0.380 e. The highest BCUT2D eigenvalue weighted by Crippen LogP contribution is 2.70. The molecule has 3 nitrogen and oxygen atoms in total. The predicted molar refractivity (Wildman–Crippen MR) is 63.5 cm³/mol. The summed E-state index contributed by atoms with van der Waals surface area (Å²) >= 11 is 0. The maximum absolute atomic E-state index is 5.68. The summed E-state index contributed by atoms with van der Waals surface area (Å²) in [6, 6.07) is 0.407. The van der Waals surface area contributed by atoms with Crippen molar-refractivity contribution in [3.05, 3.63) is 0 Å². The van der Waals surface area contributed by atoms with Crippen molar-refractivity contribution in [1.82, 2.24) is 5.43 Å². The van der Waals surface area contributed by atoms with Gasteiger partial charge in [0.1, 0.15) is 0 Å². The molecule has 0 heterocycles. The molecule has 0 aromatic heterocycles. The lowest BCUT2D eigenvalue weighted by Gasteiger charge is -2.19. The second-order valence-electron chi connectivity index (χ2n) is 5.91. The lowest BCUT2D eigenvalue weighted by Crippen LogP contribution is -2.42. The van der Waals surface area contributed by atoms with Crippen LogP contribution in [0.2, 0.25) is 0 Å². The van der Waals surface area contributed by atoms with Crippen LogP contribution in [-0.4, -0.2) is 19.3 Å². The Labute approximate surface area is 98.1 Å². The Bertz CT molecular complexity index is 242. The molecule has 0 amide bonds. The van der Waals surface area contributed by atoms with E-state index in [-0.39, 0.29) is 0 Å². The van der Waals surface area contributed by atoms with Gasteiger partial charge in [0.2, 0.25) is 0 Å². The van der Waals surface area contributed by atoms with E-state index in [1.807, 2.05) is 0 Å². The third-order valence-electron chi connectivity index (χ3n) is 5.12. The maximum atomic E-state index is 5.68. The Balaban J connectivity index is 1.53. The molecule has 0 radical (unpaired) electrons. The standard InChI is InChI=1S/C13H24N2O/c1-2-5-16-7-10(15-14)13-11-8-3-4-9(6-8)12(11)13/h8-13,15H,2-7,14H2,1H3. The van der Waals surface area contributed by atoms with Gasteiger partial charge in [-0.25, -0.2) is 0 Å². The van der Waals surface area contributed by atoms with E-state index in [4.69, 9.17) is 10.6 Å². The molecule has 3 saturated carbocycles. The van der Waals surface area contributed by atoms with E-state index in [2.05, 4.69) is 12.3 Å². The van der Waals surface area contributed by atoms with Crippen LogP contribution in [0.4, 0.5) is 0 Å². The fourth-order valence-electron chi connectivity index (χ4n) is 4.56. The van der Waals surface area contributed by atoms with Crippen LogP contribution < -0.4 is 11.3 Å². The zero-order valence-corrected chi connectivity index (χ0v) is 10.2. The summed E-state index contributed by atoms with van der Waals surface area (Å²) in [6.07, 6.45) is 5.57. The molecule has 16 heavy (non-hydrogen) atoms. The third kappa shape index (κ3) is 1.60. The van der Waals surface area contributed by atoms with Crippen molar-refractivity contribution in [3.8, 4) is 0 Å². The fraction of sp³-hybridized carbons (Fsp3) is 1.00. The maximum Gasteiger partial charge on any atom is 0.0636 e. The molecule has 0 aromatic carbocycles. The second kappa shape index (κ2) is 4.28. The number of hydrogen-bond donors (Lipinski definition) is 2. The van der Waals surface area contributed by atoms with Gasteiger partial charge in [-0.05, 0) is 55.3 Å². The SMILES string of the molecule is CCCOCC(NN)C1C2C3CCC(C3)C21. The number of nitrogens with one attached hydrogen (secondary N) is 1. The minimum absolute atomic E-state index is 0.407. The molecule has 5 atom stereocenters. The number of ether oxygens (including phenoxy) is 1. The Morgan fingerprint density at radius 1 is 1.31 bits per heavy atom. The molecule has 0 saturated heterocycles. The van der Waals surface area contributed by atoms with Crippen molar-refractivity contribution in [2.45, 2.75) is 38.6 Å². The Kier molecular flexibility index (Phi) is 2.94. The van der Waals surface area contributed by atoms with Gasteiger partial charge < -0.3 is 4.74 Å². The van der Waals surface area contributed by atoms with Gasteiger partial charge in [-0.3, -0.25) is 11.3 Å². The monoisotopic (exact) mass is 224 g/mol. The first-order valence-corrected chi connectivity index (χ1v) is 6.90. The minimum Gasteiger partial charge on any atom is -0.380 e. The van der Waals surface area contributed by atoms with Crippen molar-refractivity contribution in [1.29, 1.82) is 0 Å². The molecule has 3 heteroatoms. The molecule has 0 spiro atoms. The summed E-state index contributed by atoms with van der Waals surface area (Å²) in [7, 11) is 0. The summed E-state index contributed by atoms with van der Waals surface area (Å²) in [6.45, 7) is 3.82. The summed E-state index contributed by atoms with van der Waals surface area (Å²) in [5, 5.41) is 0. The zero-order chi connectivity index (χ0) is 11.1. The third-order valence-corrected chi connectivity index (χ3v) is 5.12. The molecule has 3 aliphatic carbocycles. The van der Waals surface area contributed by atoms with Crippen molar-refractivity contribution < 1.29 is 4.74 Å². The topological polar surface area (TPSA) is 47.3 Å². The number of hydrogen-bond acceptors (Lipinski definition) is 3. The van der Waals surface area contributed by atoms with Gasteiger partial charge >= 0.3 is 0 Å². The molecule has 92 valence electrons. The van der Waals surface area contributed by atoms with E-state index in [9.17, 15) is 0 Å². The lowest BCUT2D eigenvalue weighted by molar-refractivity contribution is 0.0998. The van der Waals surface area contributed by atoms with Crippen molar-refractivity contribution in [3.63, 3.8) is 0 Å². The van der Waals surface area contributed by atoms with Gasteiger partial charge in [-0.1, -0.05) is 6.92 Å². The van der Waals surface area contributed by atoms with E-state index in [0.717, 1.165) is 49.2 Å². The molecule has 0 aliphatic heterocycles. The Morgan fingerprint density at radius 2 is 2.00 bits per heavy atom. The first-order valence-electron chi connectivity index (χ1n) is 6.90. The smallest absolute Gasteiger partial charge is 0.0636 e. The summed E-state index contributed by atoms with van der Waals surface area (Å²) in [4.78, 5) is 0. The highest BCUT2D eigenvalue weighted by atomic mass is 16.5. The molecular formula is C13H24N2O. The minimum atomic E-state index is 0.407. The average molecular weight is 224 g/mol. The number of hydrazine groups is 1. The zero-order valence-electron chi connectivity index (χ0n) is 10.2. The van der Waals surface area contributed by atoms with Gasteiger partial charge in [0, 0.05) is 12.6 Å². The van der Waals surface area contributed by atoms with Crippen LogP contribution in [-0.2, 0) is 4.74 Å². The van der Waals surface area contributed by atoms with Crippen molar-refractivity contribution in [2.75, 3.05) is 13.2 Å². The highest BCUT2D eigenvalue weighted by Gasteiger charge is 2.66. The molecule has 3 aliphatic rings. The number of nitrogens with two attached hydrogens (primary N) is 1. The van der Waals surface area contributed by atoms with Crippen LogP contribution in [0.25, 0.3) is 0 Å². The van der Waals surface area contributed by atoms with Crippen LogP contribution in [0.3, 0.4) is 0 Å². The van der Waals surface area contributed by atoms with Gasteiger partial charge in [0.15, 0.2) is 0 Å². The Morgan fingerprint density at radius 3 is 2.56 bits per heavy atom. The summed E-state index contributed by atoms with van der Waals surface area (Å²) < 4.78 is 5.65. The predicted octanol–water partition coefficient (Wildman–Crippen LogP) is 1.54. The number of fused-ring (bicyclic) bond motifs is 5. The second-order valence-corrected chi connectivity index (χ2v) is 5.91. The molecule has 5 unspecified atom stereocenters. The van der Waals surface area contributed by atoms with Gasteiger partial charge in [-0.2, -0.15) is 0 Å². The average Bonchev–Trinajstić information content (AvgIpc) is 2.73. The van der Waals surface area contributed by atoms with Crippen molar-refractivity contribution in [2.24, 2.45) is 35.4 Å². The van der Waals surface area contributed by atoms with Crippen LogP contribution in [0.15, 0.2) is 0 Å². The van der Waals surface area contributed by atoms with E-state index in [1.165, 1.54) is 19.3 Å². The Hall–Kier alpha value is -0.120. The molecule has 0 aromatic rings. The first kappa shape index (κ1) is 11.0. The van der Waals surface area contributed by atoms with Crippen LogP contribution in [0.5, 0.6) is 0 Å². The lowest BCUT2D eigenvalue weighted by atomic mass is 9.98. The molecular weight excluding hydrogens is 200 g/mol. The van der Waals surface area contributed by atoms with E-state index < -0.39 is 0 Å². The van der Waals surface area contributed by atoms with Crippen LogP contribution in [0.1, 0.15) is 32.6 Å². The van der Waals surface area contributed by atoms with E-state index >= 15 is 0 Å². The quantitative estimate of drug-likeness (QED) is 0.409. The molecule has 3 fully saturated rings. The molecule has 2 bridgehead atoms. The normalized spacial score (nSPS) is 45.8. The van der Waals surface area contributed by atoms with E-state index in [0.29, 0.717) is 6.04 Å². The van der Waals surface area contributed by atoms with Crippen LogP contribution >= 0.6 is 0 Å². The fourth-order valence-corrected chi connectivity index (χ4v) is 4.56. The summed E-state index contributed by atoms with van der Waals surface area (Å²) in [5.74, 6) is 10.5. The highest BCUT2D eigenvalue weighted by molar-refractivity contribution is 5.15. The van der Waals surface area contributed by atoms with Crippen LogP contribution in [0, 0.1) is 29.6 Å².